The summed E-state index contributed by atoms with van der Waals surface area (Å²) in [6, 6.07) is 12.1. The minimum atomic E-state index is -4.72. The lowest BCUT2D eigenvalue weighted by Gasteiger charge is -2.45. The van der Waals surface area contributed by atoms with E-state index in [-0.39, 0.29) is 18.2 Å². The number of halogens is 4. The number of anilines is 2. The van der Waals surface area contributed by atoms with Crippen LogP contribution >= 0.6 is 11.8 Å². The van der Waals surface area contributed by atoms with Gasteiger partial charge in [-0.15, -0.1) is 0 Å². The van der Waals surface area contributed by atoms with Gasteiger partial charge >= 0.3 is 12.2 Å². The van der Waals surface area contributed by atoms with Crippen molar-refractivity contribution in [1.82, 2.24) is 34.4 Å². The maximum Gasteiger partial charge on any atom is 0.420 e. The van der Waals surface area contributed by atoms with Crippen LogP contribution < -0.4 is 15.5 Å². The van der Waals surface area contributed by atoms with Crippen molar-refractivity contribution in [2.45, 2.75) is 50.5 Å². The van der Waals surface area contributed by atoms with Gasteiger partial charge in [0.1, 0.15) is 22.6 Å². The lowest BCUT2D eigenvalue weighted by atomic mass is 9.87. The molecule has 0 bridgehead atoms. The van der Waals surface area contributed by atoms with Gasteiger partial charge in [0.15, 0.2) is 5.82 Å². The second-order valence-electron chi connectivity index (χ2n) is 9.59. The lowest BCUT2D eigenvalue weighted by Crippen LogP contribution is -2.61. The zero-order chi connectivity index (χ0) is 28.3. The van der Waals surface area contributed by atoms with E-state index in [1.807, 2.05) is 30.3 Å². The van der Waals surface area contributed by atoms with Gasteiger partial charge in [-0.2, -0.15) is 27.6 Å². The van der Waals surface area contributed by atoms with E-state index in [0.717, 1.165) is 35.2 Å². The molecule has 3 aromatic heterocycles. The molecule has 0 unspecified atom stereocenters. The van der Waals surface area contributed by atoms with E-state index < -0.39 is 29.1 Å². The third kappa shape index (κ3) is 5.88. The van der Waals surface area contributed by atoms with Crippen LogP contribution in [0.5, 0.6) is 0 Å². The van der Waals surface area contributed by atoms with E-state index in [4.69, 9.17) is 11.8 Å². The predicted octanol–water partition coefficient (Wildman–Crippen LogP) is 5.58. The van der Waals surface area contributed by atoms with Gasteiger partial charge in [-0.3, -0.25) is 9.58 Å². The highest BCUT2D eigenvalue weighted by Crippen LogP contribution is 2.39. The molecule has 0 saturated heterocycles. The summed E-state index contributed by atoms with van der Waals surface area (Å²) in [4.78, 5) is 23.6. The molecule has 1 aliphatic carbocycles. The van der Waals surface area contributed by atoms with Crippen LogP contribution in [-0.2, 0) is 19.8 Å². The number of alkyl halides is 3. The number of hydrogen-bond acceptors (Lipinski definition) is 6. The molecule has 5 rings (SSSR count). The Balaban J connectivity index is 1.54. The van der Waals surface area contributed by atoms with Gasteiger partial charge < -0.3 is 10.6 Å². The fourth-order valence-corrected chi connectivity index (χ4v) is 5.05. The molecule has 2 N–H and O–H groups in total. The van der Waals surface area contributed by atoms with Gasteiger partial charge in [-0.25, -0.2) is 14.8 Å². The van der Waals surface area contributed by atoms with Crippen molar-refractivity contribution >= 4 is 29.6 Å². The van der Waals surface area contributed by atoms with Gasteiger partial charge in [0, 0.05) is 50.0 Å². The van der Waals surface area contributed by atoms with Crippen molar-refractivity contribution in [2.75, 3.05) is 10.2 Å². The molecular weight excluding hydrogens is 547 g/mol. The van der Waals surface area contributed by atoms with Crippen LogP contribution in [0.25, 0.3) is 11.4 Å². The summed E-state index contributed by atoms with van der Waals surface area (Å²) < 4.78 is 44.0. The first-order valence-corrected chi connectivity index (χ1v) is 13.0. The Labute approximate surface area is 233 Å². The Morgan fingerprint density at radius 2 is 1.82 bits per heavy atom. The Morgan fingerprint density at radius 1 is 1.07 bits per heavy atom. The van der Waals surface area contributed by atoms with Crippen LogP contribution in [-0.4, -0.2) is 40.7 Å². The van der Waals surface area contributed by atoms with Crippen molar-refractivity contribution in [3.05, 3.63) is 72.2 Å². The molecule has 0 aliphatic heterocycles. The number of benzene rings is 1. The number of aryl methyl sites for hydroxylation is 1. The normalized spacial score (nSPS) is 15.0. The van der Waals surface area contributed by atoms with E-state index >= 15 is 0 Å². The molecule has 1 saturated carbocycles. The molecule has 0 atom stereocenters. The van der Waals surface area contributed by atoms with E-state index in [2.05, 4.69) is 30.8 Å². The van der Waals surface area contributed by atoms with Crippen molar-refractivity contribution in [2.24, 2.45) is 7.05 Å². The zero-order valence-electron chi connectivity index (χ0n) is 21.6. The van der Waals surface area contributed by atoms with Crippen LogP contribution in [0.15, 0.2) is 61.1 Å². The number of aromatic nitrogens is 6. The molecule has 10 nitrogen and oxygen atoms in total. The van der Waals surface area contributed by atoms with Crippen molar-refractivity contribution in [3.63, 3.8) is 0 Å². The van der Waals surface area contributed by atoms with E-state index in [1.54, 1.807) is 24.0 Å². The molecule has 2 amide bonds. The molecule has 1 aliphatic rings. The number of nitrogens with one attached hydrogen (secondary N) is 2. The summed E-state index contributed by atoms with van der Waals surface area (Å²) in [7, 11) is 1.74. The first-order chi connectivity index (χ1) is 19.1. The maximum atomic E-state index is 13.8. The Kier molecular flexibility index (Phi) is 7.66. The molecule has 0 radical (unpaired) electrons. The first-order valence-electron chi connectivity index (χ1n) is 12.7. The first kappa shape index (κ1) is 27.4. The minimum Gasteiger partial charge on any atom is -0.334 e. The van der Waals surface area contributed by atoms with Crippen LogP contribution in [0.1, 0.15) is 43.2 Å². The van der Waals surface area contributed by atoms with Crippen LogP contribution in [0.2, 0.25) is 0 Å². The van der Waals surface area contributed by atoms with Gasteiger partial charge in [0.05, 0.1) is 0 Å². The molecule has 210 valence electrons. The van der Waals surface area contributed by atoms with Crippen molar-refractivity contribution in [1.29, 1.82) is 0 Å². The molecular formula is C26H27ClF3N9O. The van der Waals surface area contributed by atoms with Crippen molar-refractivity contribution < 1.29 is 18.0 Å². The number of hydrogen-bond donors (Lipinski definition) is 2. The average molecular weight is 574 g/mol. The number of nitrogens with zero attached hydrogens (tertiary/aromatic N) is 7. The van der Waals surface area contributed by atoms with Gasteiger partial charge in [-0.1, -0.05) is 36.8 Å². The largest absolute Gasteiger partial charge is 0.420 e. The summed E-state index contributed by atoms with van der Waals surface area (Å²) in [5.74, 6) is 0.307. The minimum absolute atomic E-state index is 0.0624. The number of carbonyl (C=O) groups is 1. The average Bonchev–Trinajstić information content (AvgIpc) is 3.56. The quantitative estimate of drug-likeness (QED) is 0.280. The molecule has 3 heterocycles. The van der Waals surface area contributed by atoms with Crippen LogP contribution in [0.4, 0.5) is 29.7 Å². The van der Waals surface area contributed by atoms with Crippen LogP contribution in [0, 0.1) is 0 Å². The second-order valence-corrected chi connectivity index (χ2v) is 9.93. The highest BCUT2D eigenvalue weighted by atomic mass is 35.5. The second kappa shape index (κ2) is 11.2. The lowest BCUT2D eigenvalue weighted by molar-refractivity contribution is -0.137. The SMILES string of the molecule is Cn1ccc(N(C(=O)NCc2ccccc2)C2(Nc3ncc(C(F)(F)F)c(-c4ccn(Cl)n4)n3)CCCCC2)n1. The predicted molar refractivity (Wildman–Crippen MR) is 143 cm³/mol. The van der Waals surface area contributed by atoms with Gasteiger partial charge in [0.25, 0.3) is 0 Å². The topological polar surface area (TPSA) is 106 Å². The van der Waals surface area contributed by atoms with Gasteiger partial charge in [0.2, 0.25) is 5.95 Å². The Hall–Kier alpha value is -4.13. The summed E-state index contributed by atoms with van der Waals surface area (Å²) in [5, 5.41) is 14.6. The third-order valence-electron chi connectivity index (χ3n) is 6.77. The van der Waals surface area contributed by atoms with Crippen molar-refractivity contribution in [3.8, 4) is 11.4 Å². The summed E-state index contributed by atoms with van der Waals surface area (Å²) in [6.07, 6.45) is 2.51. The number of carbonyl (C=O) groups excluding carboxylic acids is 1. The molecule has 40 heavy (non-hydrogen) atoms. The summed E-state index contributed by atoms with van der Waals surface area (Å²) in [6.45, 7) is 0.279. The number of amides is 2. The Morgan fingerprint density at radius 3 is 2.45 bits per heavy atom. The molecule has 1 aromatic carbocycles. The van der Waals surface area contributed by atoms with E-state index in [1.165, 1.54) is 17.2 Å². The number of rotatable bonds is 7. The standard InChI is InChI=1S/C26H27ClF3N9O/c1-37-14-11-21(36-37)39(24(40)32-16-18-8-4-2-5-9-18)25(12-6-3-7-13-25)34-23-31-17-19(26(28,29)30)22(33-23)20-10-15-38(27)35-20/h2,4-5,8-11,14-15,17H,3,6-7,12-13,16H2,1H3,(H,32,40)(H,31,33,34). The maximum absolute atomic E-state index is 13.8. The molecule has 4 aromatic rings. The fourth-order valence-electron chi connectivity index (χ4n) is 4.91. The summed E-state index contributed by atoms with van der Waals surface area (Å²) in [5.41, 5.74) is -1.68. The Bertz CT molecular complexity index is 1470. The number of urea groups is 1. The van der Waals surface area contributed by atoms with E-state index in [9.17, 15) is 18.0 Å². The zero-order valence-corrected chi connectivity index (χ0v) is 22.3. The monoisotopic (exact) mass is 573 g/mol. The van der Waals surface area contributed by atoms with Crippen LogP contribution in [0.3, 0.4) is 0 Å². The molecule has 1 fully saturated rings. The summed E-state index contributed by atoms with van der Waals surface area (Å²) >= 11 is 5.82. The highest BCUT2D eigenvalue weighted by Gasteiger charge is 2.44. The molecule has 0 spiro atoms. The smallest absolute Gasteiger partial charge is 0.334 e. The third-order valence-corrected chi connectivity index (χ3v) is 6.96. The van der Waals surface area contributed by atoms with Gasteiger partial charge in [-0.05, 0) is 37.3 Å². The molecule has 14 heteroatoms. The highest BCUT2D eigenvalue weighted by molar-refractivity contribution is 6.14. The van der Waals surface area contributed by atoms with E-state index in [0.29, 0.717) is 18.7 Å². The fraction of sp³-hybridized carbons (Fsp3) is 0.346.